The fourth-order valence-electron chi connectivity index (χ4n) is 3.27. The van der Waals surface area contributed by atoms with Gasteiger partial charge in [0, 0.05) is 11.5 Å². The third kappa shape index (κ3) is 3.38. The second-order valence-corrected chi connectivity index (χ2v) is 8.30. The summed E-state index contributed by atoms with van der Waals surface area (Å²) in [5, 5.41) is 1.09. The van der Waals surface area contributed by atoms with Gasteiger partial charge < -0.3 is 0 Å². The minimum Gasteiger partial charge on any atom is -0.259 e. The lowest BCUT2D eigenvalue weighted by Gasteiger charge is -2.30. The number of anilines is 1. The monoisotopic (exact) mass is 390 g/mol. The summed E-state index contributed by atoms with van der Waals surface area (Å²) in [4.78, 5) is 4.77. The molecule has 0 atom stereocenters. The predicted molar refractivity (Wildman–Crippen MR) is 97.8 cm³/mol. The molecule has 1 aromatic heterocycles. The summed E-state index contributed by atoms with van der Waals surface area (Å²) in [5.74, 6) is -0.830. The molecule has 1 N–H and O–H groups in total. The molecule has 1 saturated heterocycles. The number of rotatable bonds is 3. The first-order valence-corrected chi connectivity index (χ1v) is 10.0. The van der Waals surface area contributed by atoms with Crippen LogP contribution >= 0.6 is 0 Å². The molecule has 27 heavy (non-hydrogen) atoms. The molecule has 140 valence electrons. The average Bonchev–Trinajstić information content (AvgIpc) is 2.69. The van der Waals surface area contributed by atoms with Crippen molar-refractivity contribution in [1.29, 1.82) is 0 Å². The number of halogens is 2. The molecular weight excluding hydrogens is 372 g/mol. The smallest absolute Gasteiger partial charge is 0.259 e. The Hall–Kier alpha value is -2.58. The number of aromatic amines is 1. The second-order valence-electron chi connectivity index (χ2n) is 6.40. The predicted octanol–water partition coefficient (Wildman–Crippen LogP) is 2.44. The van der Waals surface area contributed by atoms with Crippen LogP contribution in [0.4, 0.5) is 14.6 Å². The number of hydrogen-bond donors (Lipinski definition) is 0. The summed E-state index contributed by atoms with van der Waals surface area (Å²) in [5.41, 5.74) is 0.992. The van der Waals surface area contributed by atoms with Crippen molar-refractivity contribution in [2.45, 2.75) is 4.90 Å². The highest BCUT2D eigenvalue weighted by Gasteiger charge is 2.33. The van der Waals surface area contributed by atoms with E-state index >= 15 is 0 Å². The molecule has 0 bridgehead atoms. The van der Waals surface area contributed by atoms with E-state index in [1.54, 1.807) is 0 Å². The first kappa shape index (κ1) is 17.8. The zero-order valence-corrected chi connectivity index (χ0v) is 15.2. The van der Waals surface area contributed by atoms with Gasteiger partial charge in [-0.25, -0.2) is 22.2 Å². The van der Waals surface area contributed by atoms with Gasteiger partial charge in [-0.1, -0.05) is 18.2 Å². The number of fused-ring (bicyclic) bond motifs is 1. The van der Waals surface area contributed by atoms with Gasteiger partial charge in [0.2, 0.25) is 10.0 Å². The number of pyridine rings is 1. The minimum atomic E-state index is -4.07. The standard InChI is InChI=1S/C19H17F2N3O2S/c20-15-6-7-16(21)18(13-15)27(25,26)24-11-9-23(10-12-24)19-8-5-14-3-1-2-4-17(14)22-19/h1-8,13H,9-12H2/p+1. The number of hydrogen-bond acceptors (Lipinski definition) is 3. The number of nitrogens with one attached hydrogen (secondary N) is 1. The number of benzene rings is 2. The van der Waals surface area contributed by atoms with Gasteiger partial charge in [-0.15, -0.1) is 0 Å². The van der Waals surface area contributed by atoms with E-state index in [0.717, 1.165) is 34.9 Å². The molecule has 8 heteroatoms. The number of aromatic nitrogens is 1. The maximum Gasteiger partial charge on any atom is 0.274 e. The van der Waals surface area contributed by atoms with E-state index in [2.05, 4.69) is 4.98 Å². The van der Waals surface area contributed by atoms with Gasteiger partial charge in [-0.3, -0.25) is 4.90 Å². The lowest BCUT2D eigenvalue weighted by molar-refractivity contribution is -0.330. The van der Waals surface area contributed by atoms with Gasteiger partial charge in [0.25, 0.3) is 5.82 Å². The summed E-state index contributed by atoms with van der Waals surface area (Å²) in [6.45, 7) is 1.29. The lowest BCUT2D eigenvalue weighted by Crippen LogP contribution is -2.50. The van der Waals surface area contributed by atoms with Crippen LogP contribution in [-0.2, 0) is 10.0 Å². The van der Waals surface area contributed by atoms with E-state index in [0.29, 0.717) is 13.1 Å². The Bertz CT molecular complexity index is 1100. The number of H-pyrrole nitrogens is 1. The Morgan fingerprint density at radius 3 is 2.41 bits per heavy atom. The second kappa shape index (κ2) is 6.86. The highest BCUT2D eigenvalue weighted by molar-refractivity contribution is 7.89. The van der Waals surface area contributed by atoms with Crippen molar-refractivity contribution in [3.05, 3.63) is 66.2 Å². The summed E-state index contributed by atoms with van der Waals surface area (Å²) < 4.78 is 53.9. The molecule has 0 saturated carbocycles. The van der Waals surface area contributed by atoms with Crippen LogP contribution in [-0.4, -0.2) is 38.9 Å². The zero-order chi connectivity index (χ0) is 19.0. The van der Waals surface area contributed by atoms with E-state index in [1.165, 1.54) is 4.31 Å². The Morgan fingerprint density at radius 2 is 1.63 bits per heavy atom. The van der Waals surface area contributed by atoms with Gasteiger partial charge in [0.05, 0.1) is 26.2 Å². The van der Waals surface area contributed by atoms with Crippen molar-refractivity contribution in [3.8, 4) is 0 Å². The molecule has 1 aliphatic heterocycles. The molecule has 4 rings (SSSR count). The maximum atomic E-state index is 13.9. The van der Waals surface area contributed by atoms with Crippen LogP contribution in [0.25, 0.3) is 10.9 Å². The van der Waals surface area contributed by atoms with Crippen LogP contribution in [0.2, 0.25) is 0 Å². The molecule has 0 amide bonds. The Kier molecular flexibility index (Phi) is 4.53. The van der Waals surface area contributed by atoms with Crippen LogP contribution in [0.5, 0.6) is 0 Å². The van der Waals surface area contributed by atoms with E-state index in [9.17, 15) is 17.2 Å². The average molecular weight is 390 g/mol. The van der Waals surface area contributed by atoms with Crippen molar-refractivity contribution in [2.24, 2.45) is 0 Å². The Morgan fingerprint density at radius 1 is 0.889 bits per heavy atom. The quantitative estimate of drug-likeness (QED) is 0.690. The molecule has 3 aromatic rings. The molecular formula is C19H18F2N3O2S+. The molecule has 1 fully saturated rings. The molecule has 0 aliphatic carbocycles. The van der Waals surface area contributed by atoms with Gasteiger partial charge >= 0.3 is 0 Å². The largest absolute Gasteiger partial charge is 0.274 e. The van der Waals surface area contributed by atoms with E-state index in [1.807, 2.05) is 41.3 Å². The van der Waals surface area contributed by atoms with Crippen LogP contribution < -0.4 is 9.88 Å². The summed E-state index contributed by atoms with van der Waals surface area (Å²) in [6.07, 6.45) is 0. The zero-order valence-electron chi connectivity index (χ0n) is 14.4. The van der Waals surface area contributed by atoms with Gasteiger partial charge in [-0.2, -0.15) is 4.31 Å². The Labute approximate surface area is 155 Å². The summed E-state index contributed by atoms with van der Waals surface area (Å²) >= 11 is 0. The van der Waals surface area contributed by atoms with Crippen molar-refractivity contribution < 1.29 is 22.2 Å². The van der Waals surface area contributed by atoms with Crippen molar-refractivity contribution in [3.63, 3.8) is 0 Å². The highest BCUT2D eigenvalue weighted by atomic mass is 32.2. The fourth-order valence-corrected chi connectivity index (χ4v) is 4.77. The van der Waals surface area contributed by atoms with Crippen molar-refractivity contribution in [2.75, 3.05) is 31.1 Å². The third-order valence-electron chi connectivity index (χ3n) is 4.73. The number of sulfonamides is 1. The number of para-hydroxylation sites is 1. The molecule has 0 spiro atoms. The molecule has 2 heterocycles. The Balaban J connectivity index is 1.53. The first-order chi connectivity index (χ1) is 12.9. The molecule has 0 radical (unpaired) electrons. The first-order valence-electron chi connectivity index (χ1n) is 8.56. The molecule has 0 unspecified atom stereocenters. The summed E-state index contributed by atoms with van der Waals surface area (Å²) in [6, 6.07) is 14.3. The van der Waals surface area contributed by atoms with E-state index in [4.69, 9.17) is 0 Å². The lowest BCUT2D eigenvalue weighted by atomic mass is 10.2. The number of piperazine rings is 1. The maximum absolute atomic E-state index is 13.9. The molecule has 1 aliphatic rings. The molecule has 2 aromatic carbocycles. The van der Waals surface area contributed by atoms with E-state index < -0.39 is 26.6 Å². The van der Waals surface area contributed by atoms with Crippen molar-refractivity contribution in [1.82, 2.24) is 4.31 Å². The topological polar surface area (TPSA) is 54.8 Å². The number of nitrogens with zero attached hydrogens (tertiary/aromatic N) is 2. The minimum absolute atomic E-state index is 0.193. The van der Waals surface area contributed by atoms with Crippen LogP contribution in [0.1, 0.15) is 0 Å². The SMILES string of the molecule is O=S(=O)(c1cc(F)ccc1F)N1CCN(c2ccc3ccccc3[nH+]2)CC1. The fraction of sp³-hybridized carbons (Fsp3) is 0.211. The van der Waals surface area contributed by atoms with Crippen molar-refractivity contribution >= 4 is 26.7 Å². The van der Waals surface area contributed by atoms with Gasteiger partial charge in [0.15, 0.2) is 0 Å². The van der Waals surface area contributed by atoms with Crippen LogP contribution in [0.3, 0.4) is 0 Å². The van der Waals surface area contributed by atoms with Crippen LogP contribution in [0.15, 0.2) is 59.5 Å². The van der Waals surface area contributed by atoms with Gasteiger partial charge in [-0.05, 0) is 30.3 Å². The normalized spacial score (nSPS) is 16.0. The third-order valence-corrected chi connectivity index (χ3v) is 6.65. The highest BCUT2D eigenvalue weighted by Crippen LogP contribution is 2.23. The summed E-state index contributed by atoms with van der Waals surface area (Å²) in [7, 11) is -4.07. The molecule has 5 nitrogen and oxygen atoms in total. The van der Waals surface area contributed by atoms with Gasteiger partial charge in [0.1, 0.15) is 22.0 Å². The van der Waals surface area contributed by atoms with E-state index in [-0.39, 0.29) is 13.1 Å². The van der Waals surface area contributed by atoms with Crippen LogP contribution in [0, 0.1) is 11.6 Å².